The SMILES string of the molecule is Nc1cc(NCCc2ccccc2)nc2c(Br)cnn12. The standard InChI is InChI=1S/C14H14BrN5/c15-11-9-18-20-12(16)8-13(19-14(11)20)17-7-6-10-4-2-1-3-5-10/h1-5,8-9H,6-7,16H2,(H,17,19). The lowest BCUT2D eigenvalue weighted by atomic mass is 10.1. The van der Waals surface area contributed by atoms with Crippen LogP contribution in [0.2, 0.25) is 0 Å². The molecule has 102 valence electrons. The average Bonchev–Trinajstić information content (AvgIpc) is 2.82. The molecule has 0 aliphatic rings. The molecule has 0 bridgehead atoms. The molecule has 20 heavy (non-hydrogen) atoms. The molecule has 2 heterocycles. The normalized spacial score (nSPS) is 10.8. The fourth-order valence-corrected chi connectivity index (χ4v) is 2.38. The van der Waals surface area contributed by atoms with Crippen molar-refractivity contribution in [3.63, 3.8) is 0 Å². The van der Waals surface area contributed by atoms with E-state index in [2.05, 4.69) is 43.5 Å². The van der Waals surface area contributed by atoms with Gasteiger partial charge in [0.15, 0.2) is 5.65 Å². The van der Waals surface area contributed by atoms with Gasteiger partial charge in [-0.15, -0.1) is 0 Å². The molecule has 3 rings (SSSR count). The third-order valence-electron chi connectivity index (χ3n) is 3.02. The summed E-state index contributed by atoms with van der Waals surface area (Å²) >= 11 is 3.41. The fraction of sp³-hybridized carbons (Fsp3) is 0.143. The number of nitrogen functional groups attached to an aromatic ring is 1. The average molecular weight is 332 g/mol. The van der Waals surface area contributed by atoms with Crippen molar-refractivity contribution in [3.8, 4) is 0 Å². The summed E-state index contributed by atoms with van der Waals surface area (Å²) in [5.41, 5.74) is 7.96. The minimum atomic E-state index is 0.558. The van der Waals surface area contributed by atoms with Crippen LogP contribution in [-0.4, -0.2) is 21.1 Å². The summed E-state index contributed by atoms with van der Waals surface area (Å²) < 4.78 is 2.43. The first kappa shape index (κ1) is 12.9. The monoisotopic (exact) mass is 331 g/mol. The fourth-order valence-electron chi connectivity index (χ4n) is 2.03. The topological polar surface area (TPSA) is 68.2 Å². The molecule has 3 N–H and O–H groups in total. The Kier molecular flexibility index (Phi) is 3.56. The van der Waals surface area contributed by atoms with E-state index in [-0.39, 0.29) is 0 Å². The Hall–Kier alpha value is -2.08. The summed E-state index contributed by atoms with van der Waals surface area (Å²) in [5.74, 6) is 1.31. The molecule has 0 unspecified atom stereocenters. The van der Waals surface area contributed by atoms with Crippen LogP contribution in [0, 0.1) is 0 Å². The van der Waals surface area contributed by atoms with Crippen LogP contribution in [0.25, 0.3) is 5.65 Å². The number of fused-ring (bicyclic) bond motifs is 1. The van der Waals surface area contributed by atoms with Crippen LogP contribution in [0.5, 0.6) is 0 Å². The zero-order valence-electron chi connectivity index (χ0n) is 10.8. The van der Waals surface area contributed by atoms with Gasteiger partial charge < -0.3 is 11.1 Å². The molecule has 0 saturated heterocycles. The van der Waals surface area contributed by atoms with Crippen LogP contribution in [-0.2, 0) is 6.42 Å². The Morgan fingerprint density at radius 1 is 1.25 bits per heavy atom. The van der Waals surface area contributed by atoms with E-state index in [1.54, 1.807) is 16.8 Å². The molecule has 6 heteroatoms. The Labute approximate surface area is 125 Å². The molecule has 0 radical (unpaired) electrons. The van der Waals surface area contributed by atoms with Gasteiger partial charge in [-0.05, 0) is 27.9 Å². The first-order valence-electron chi connectivity index (χ1n) is 6.31. The Balaban J connectivity index is 1.73. The van der Waals surface area contributed by atoms with Crippen molar-refractivity contribution >= 4 is 33.2 Å². The summed E-state index contributed by atoms with van der Waals surface area (Å²) in [6.07, 6.45) is 2.63. The van der Waals surface area contributed by atoms with Crippen molar-refractivity contribution < 1.29 is 0 Å². The largest absolute Gasteiger partial charge is 0.383 e. The minimum Gasteiger partial charge on any atom is -0.383 e. The Morgan fingerprint density at radius 2 is 2.05 bits per heavy atom. The summed E-state index contributed by atoms with van der Waals surface area (Å²) in [4.78, 5) is 4.49. The summed E-state index contributed by atoms with van der Waals surface area (Å²) in [6.45, 7) is 0.804. The van der Waals surface area contributed by atoms with Crippen molar-refractivity contribution in [2.75, 3.05) is 17.6 Å². The smallest absolute Gasteiger partial charge is 0.173 e. The number of nitrogens with two attached hydrogens (primary N) is 1. The molecule has 0 saturated carbocycles. The number of nitrogens with zero attached hydrogens (tertiary/aromatic N) is 3. The third kappa shape index (κ3) is 2.60. The van der Waals surface area contributed by atoms with Crippen molar-refractivity contribution in [2.24, 2.45) is 0 Å². The maximum absolute atomic E-state index is 5.95. The molecule has 1 aromatic carbocycles. The lowest BCUT2D eigenvalue weighted by Gasteiger charge is -2.07. The van der Waals surface area contributed by atoms with Crippen LogP contribution in [0.1, 0.15) is 5.56 Å². The minimum absolute atomic E-state index is 0.558. The van der Waals surface area contributed by atoms with Crippen LogP contribution >= 0.6 is 15.9 Å². The van der Waals surface area contributed by atoms with Gasteiger partial charge in [0.2, 0.25) is 0 Å². The molecule has 2 aromatic heterocycles. The molecule has 0 fully saturated rings. The second-order valence-electron chi connectivity index (χ2n) is 4.46. The van der Waals surface area contributed by atoms with E-state index < -0.39 is 0 Å². The van der Waals surface area contributed by atoms with E-state index in [1.807, 2.05) is 18.2 Å². The molecule has 5 nitrogen and oxygen atoms in total. The third-order valence-corrected chi connectivity index (χ3v) is 3.58. The predicted molar refractivity (Wildman–Crippen MR) is 83.7 cm³/mol. The van der Waals surface area contributed by atoms with Crippen LogP contribution in [0.4, 0.5) is 11.6 Å². The highest BCUT2D eigenvalue weighted by molar-refractivity contribution is 9.10. The van der Waals surface area contributed by atoms with Gasteiger partial charge in [0.05, 0.1) is 10.7 Å². The van der Waals surface area contributed by atoms with Gasteiger partial charge in [0.1, 0.15) is 11.6 Å². The molecule has 0 aliphatic carbocycles. The number of halogens is 1. The van der Waals surface area contributed by atoms with Gasteiger partial charge in [-0.1, -0.05) is 30.3 Å². The molecule has 0 atom stereocenters. The van der Waals surface area contributed by atoms with Crippen molar-refractivity contribution in [1.29, 1.82) is 0 Å². The molecule has 3 aromatic rings. The lowest BCUT2D eigenvalue weighted by Crippen LogP contribution is -2.09. The van der Waals surface area contributed by atoms with Crippen molar-refractivity contribution in [3.05, 3.63) is 52.6 Å². The maximum atomic E-state index is 5.95. The number of hydrogen-bond donors (Lipinski definition) is 2. The summed E-state index contributed by atoms with van der Waals surface area (Å²) in [6, 6.07) is 12.1. The van der Waals surface area contributed by atoms with E-state index >= 15 is 0 Å². The van der Waals surface area contributed by atoms with E-state index in [1.165, 1.54) is 5.56 Å². The van der Waals surface area contributed by atoms with Gasteiger partial charge in [-0.2, -0.15) is 9.61 Å². The summed E-state index contributed by atoms with van der Waals surface area (Å²) in [7, 11) is 0. The Bertz CT molecular complexity index is 723. The molecule has 0 amide bonds. The first-order valence-corrected chi connectivity index (χ1v) is 7.11. The molecular weight excluding hydrogens is 318 g/mol. The van der Waals surface area contributed by atoms with E-state index in [0.717, 1.165) is 23.3 Å². The van der Waals surface area contributed by atoms with Gasteiger partial charge in [0.25, 0.3) is 0 Å². The highest BCUT2D eigenvalue weighted by atomic mass is 79.9. The van der Waals surface area contributed by atoms with Crippen LogP contribution in [0.3, 0.4) is 0 Å². The number of rotatable bonds is 4. The highest BCUT2D eigenvalue weighted by Gasteiger charge is 2.07. The zero-order valence-corrected chi connectivity index (χ0v) is 12.3. The van der Waals surface area contributed by atoms with E-state index in [9.17, 15) is 0 Å². The first-order chi connectivity index (χ1) is 9.74. The van der Waals surface area contributed by atoms with Gasteiger partial charge >= 0.3 is 0 Å². The van der Waals surface area contributed by atoms with E-state index in [4.69, 9.17) is 5.73 Å². The predicted octanol–water partition coefficient (Wildman–Crippen LogP) is 2.73. The number of nitrogens with one attached hydrogen (secondary N) is 1. The number of aromatic nitrogens is 3. The van der Waals surface area contributed by atoms with Crippen LogP contribution in [0.15, 0.2) is 47.1 Å². The number of anilines is 2. The molecule has 0 spiro atoms. The summed E-state index contributed by atoms with van der Waals surface area (Å²) in [5, 5.41) is 7.43. The zero-order chi connectivity index (χ0) is 13.9. The quantitative estimate of drug-likeness (QED) is 0.771. The maximum Gasteiger partial charge on any atom is 0.173 e. The van der Waals surface area contributed by atoms with Crippen molar-refractivity contribution in [2.45, 2.75) is 6.42 Å². The second-order valence-corrected chi connectivity index (χ2v) is 5.31. The Morgan fingerprint density at radius 3 is 2.85 bits per heavy atom. The molecular formula is C14H14BrN5. The highest BCUT2D eigenvalue weighted by Crippen LogP contribution is 2.20. The molecule has 0 aliphatic heterocycles. The van der Waals surface area contributed by atoms with Crippen molar-refractivity contribution in [1.82, 2.24) is 14.6 Å². The van der Waals surface area contributed by atoms with E-state index in [0.29, 0.717) is 11.5 Å². The van der Waals surface area contributed by atoms with Crippen LogP contribution < -0.4 is 11.1 Å². The number of benzene rings is 1. The van der Waals surface area contributed by atoms with Gasteiger partial charge in [-0.3, -0.25) is 0 Å². The second kappa shape index (κ2) is 5.50. The number of hydrogen-bond acceptors (Lipinski definition) is 4. The lowest BCUT2D eigenvalue weighted by molar-refractivity contribution is 0.944. The van der Waals surface area contributed by atoms with Gasteiger partial charge in [-0.25, -0.2) is 4.98 Å². The van der Waals surface area contributed by atoms with Gasteiger partial charge in [0, 0.05) is 12.6 Å².